The van der Waals surface area contributed by atoms with Crippen LogP contribution in [0.25, 0.3) is 0 Å². The van der Waals surface area contributed by atoms with Crippen LogP contribution in [-0.2, 0) is 0 Å². The van der Waals surface area contributed by atoms with E-state index in [1.807, 2.05) is 17.0 Å². The van der Waals surface area contributed by atoms with E-state index in [0.717, 1.165) is 39.3 Å². The highest BCUT2D eigenvalue weighted by Crippen LogP contribution is 2.18. The lowest BCUT2D eigenvalue weighted by Gasteiger charge is -2.38. The Kier molecular flexibility index (Phi) is 5.13. The molecule has 2 aliphatic heterocycles. The zero-order valence-corrected chi connectivity index (χ0v) is 14.1. The second kappa shape index (κ2) is 7.27. The monoisotopic (exact) mass is 317 g/mol. The molecule has 0 saturated carbocycles. The average Bonchev–Trinajstić information content (AvgIpc) is 3.09. The summed E-state index contributed by atoms with van der Waals surface area (Å²) >= 11 is 0. The first-order chi connectivity index (χ1) is 11.1. The summed E-state index contributed by atoms with van der Waals surface area (Å²) in [5, 5.41) is 6.69. The number of carbonyl (C=O) groups is 1. The summed E-state index contributed by atoms with van der Waals surface area (Å²) in [6.07, 6.45) is 2.95. The van der Waals surface area contributed by atoms with Crippen molar-refractivity contribution < 1.29 is 4.79 Å². The summed E-state index contributed by atoms with van der Waals surface area (Å²) < 4.78 is 0. The number of hydrogen-bond acceptors (Lipinski definition) is 5. The van der Waals surface area contributed by atoms with Crippen LogP contribution in [0.1, 0.15) is 30.6 Å². The van der Waals surface area contributed by atoms with Crippen molar-refractivity contribution in [3.05, 3.63) is 23.9 Å². The highest BCUT2D eigenvalue weighted by molar-refractivity contribution is 5.98. The van der Waals surface area contributed by atoms with E-state index in [1.54, 1.807) is 6.20 Å². The molecule has 0 aliphatic carbocycles. The summed E-state index contributed by atoms with van der Waals surface area (Å²) in [5.74, 6) is 0.778. The van der Waals surface area contributed by atoms with E-state index in [1.165, 1.54) is 6.42 Å². The molecule has 0 bridgehead atoms. The Hall–Kier alpha value is -1.66. The Morgan fingerprint density at radius 1 is 1.35 bits per heavy atom. The van der Waals surface area contributed by atoms with Crippen LogP contribution < -0.4 is 10.6 Å². The molecule has 6 nitrogen and oxygen atoms in total. The third kappa shape index (κ3) is 3.82. The lowest BCUT2D eigenvalue weighted by molar-refractivity contribution is 0.0584. The Bertz CT molecular complexity index is 534. The van der Waals surface area contributed by atoms with Gasteiger partial charge in [0.05, 0.1) is 5.56 Å². The van der Waals surface area contributed by atoms with E-state index in [9.17, 15) is 4.79 Å². The van der Waals surface area contributed by atoms with Crippen LogP contribution >= 0.6 is 0 Å². The molecule has 126 valence electrons. The lowest BCUT2D eigenvalue weighted by Crippen LogP contribution is -2.52. The maximum Gasteiger partial charge on any atom is 0.257 e. The van der Waals surface area contributed by atoms with Crippen molar-refractivity contribution in [3.8, 4) is 0 Å². The topological polar surface area (TPSA) is 60.5 Å². The van der Waals surface area contributed by atoms with Crippen molar-refractivity contribution in [2.75, 3.05) is 44.6 Å². The Morgan fingerprint density at radius 2 is 2.13 bits per heavy atom. The molecule has 2 fully saturated rings. The van der Waals surface area contributed by atoms with E-state index in [2.05, 4.69) is 34.4 Å². The van der Waals surface area contributed by atoms with Gasteiger partial charge in [-0.3, -0.25) is 9.69 Å². The average molecular weight is 317 g/mol. The van der Waals surface area contributed by atoms with Gasteiger partial charge in [-0.05, 0) is 38.9 Å². The lowest BCUT2D eigenvalue weighted by atomic mass is 10.1. The quantitative estimate of drug-likeness (QED) is 0.868. The standard InChI is InChI=1S/C17H27N5O/c1-13(2)20-16-15(4-3-6-19-16)17(23)22-10-8-21(9-11-22)14-5-7-18-12-14/h3-4,6,13-14,18H,5,7-12H2,1-2H3,(H,19,20). The van der Waals surface area contributed by atoms with Gasteiger partial charge in [0, 0.05) is 51.0 Å². The van der Waals surface area contributed by atoms with Gasteiger partial charge in [-0.1, -0.05) is 0 Å². The first-order valence-electron chi connectivity index (χ1n) is 8.60. The number of nitrogens with one attached hydrogen (secondary N) is 2. The molecular formula is C17H27N5O. The summed E-state index contributed by atoms with van der Waals surface area (Å²) in [6.45, 7) is 9.82. The van der Waals surface area contributed by atoms with Gasteiger partial charge in [-0.15, -0.1) is 0 Å². The molecule has 2 aliphatic rings. The largest absolute Gasteiger partial charge is 0.367 e. The Labute approximate surface area is 138 Å². The maximum absolute atomic E-state index is 12.8. The molecule has 3 rings (SSSR count). The van der Waals surface area contributed by atoms with E-state index in [0.29, 0.717) is 17.4 Å². The smallest absolute Gasteiger partial charge is 0.257 e. The first kappa shape index (κ1) is 16.2. The molecule has 2 N–H and O–H groups in total. The molecular weight excluding hydrogens is 290 g/mol. The molecule has 0 aromatic carbocycles. The van der Waals surface area contributed by atoms with E-state index < -0.39 is 0 Å². The van der Waals surface area contributed by atoms with Crippen molar-refractivity contribution >= 4 is 11.7 Å². The fourth-order valence-electron chi connectivity index (χ4n) is 3.38. The first-order valence-corrected chi connectivity index (χ1v) is 8.60. The van der Waals surface area contributed by atoms with Gasteiger partial charge in [0.25, 0.3) is 5.91 Å². The van der Waals surface area contributed by atoms with Crippen LogP contribution in [0.5, 0.6) is 0 Å². The SMILES string of the molecule is CC(C)Nc1ncccc1C(=O)N1CCN(C2CCNC2)CC1. The molecule has 1 amide bonds. The molecule has 0 radical (unpaired) electrons. The fraction of sp³-hybridized carbons (Fsp3) is 0.647. The predicted molar refractivity (Wildman–Crippen MR) is 91.7 cm³/mol. The highest BCUT2D eigenvalue weighted by atomic mass is 16.2. The number of carbonyl (C=O) groups excluding carboxylic acids is 1. The van der Waals surface area contributed by atoms with Gasteiger partial charge in [0.15, 0.2) is 0 Å². The van der Waals surface area contributed by atoms with Crippen LogP contribution in [0.15, 0.2) is 18.3 Å². The number of pyridine rings is 1. The minimum Gasteiger partial charge on any atom is -0.367 e. The summed E-state index contributed by atoms with van der Waals surface area (Å²) in [6, 6.07) is 4.60. The molecule has 23 heavy (non-hydrogen) atoms. The zero-order chi connectivity index (χ0) is 16.2. The zero-order valence-electron chi connectivity index (χ0n) is 14.1. The summed E-state index contributed by atoms with van der Waals surface area (Å²) in [5.41, 5.74) is 0.678. The number of aromatic nitrogens is 1. The molecule has 1 atom stereocenters. The second-order valence-electron chi connectivity index (χ2n) is 6.67. The van der Waals surface area contributed by atoms with Crippen LogP contribution in [0.4, 0.5) is 5.82 Å². The van der Waals surface area contributed by atoms with Crippen LogP contribution in [0, 0.1) is 0 Å². The van der Waals surface area contributed by atoms with Crippen LogP contribution in [-0.4, -0.2) is 72.0 Å². The van der Waals surface area contributed by atoms with Gasteiger partial charge in [-0.25, -0.2) is 4.98 Å². The minimum atomic E-state index is 0.0884. The van der Waals surface area contributed by atoms with Crippen LogP contribution in [0.3, 0.4) is 0 Å². The summed E-state index contributed by atoms with van der Waals surface area (Å²) in [4.78, 5) is 21.7. The molecule has 1 unspecified atom stereocenters. The Morgan fingerprint density at radius 3 is 2.78 bits per heavy atom. The molecule has 1 aromatic heterocycles. The number of hydrogen-bond donors (Lipinski definition) is 2. The fourth-order valence-corrected chi connectivity index (χ4v) is 3.38. The molecule has 3 heterocycles. The highest BCUT2D eigenvalue weighted by Gasteiger charge is 2.29. The Balaban J connectivity index is 1.63. The normalized spacial score (nSPS) is 22.6. The van der Waals surface area contributed by atoms with Gasteiger partial charge < -0.3 is 15.5 Å². The van der Waals surface area contributed by atoms with Crippen LogP contribution in [0.2, 0.25) is 0 Å². The molecule has 6 heteroatoms. The number of anilines is 1. The third-order valence-corrected chi connectivity index (χ3v) is 4.62. The second-order valence-corrected chi connectivity index (χ2v) is 6.67. The van der Waals surface area contributed by atoms with Gasteiger partial charge in [0.2, 0.25) is 0 Å². The predicted octanol–water partition coefficient (Wildman–Crippen LogP) is 1.02. The summed E-state index contributed by atoms with van der Waals surface area (Å²) in [7, 11) is 0. The van der Waals surface area contributed by atoms with Gasteiger partial charge in [-0.2, -0.15) is 0 Å². The molecule has 2 saturated heterocycles. The van der Waals surface area contributed by atoms with Gasteiger partial charge >= 0.3 is 0 Å². The minimum absolute atomic E-state index is 0.0884. The number of piperazine rings is 1. The number of rotatable bonds is 4. The number of nitrogens with zero attached hydrogens (tertiary/aromatic N) is 3. The van der Waals surface area contributed by atoms with E-state index >= 15 is 0 Å². The van der Waals surface area contributed by atoms with Crippen molar-refractivity contribution in [2.24, 2.45) is 0 Å². The van der Waals surface area contributed by atoms with Crippen molar-refractivity contribution in [1.82, 2.24) is 20.1 Å². The molecule has 1 aromatic rings. The molecule has 0 spiro atoms. The van der Waals surface area contributed by atoms with E-state index in [-0.39, 0.29) is 11.9 Å². The maximum atomic E-state index is 12.8. The van der Waals surface area contributed by atoms with E-state index in [4.69, 9.17) is 0 Å². The third-order valence-electron chi connectivity index (χ3n) is 4.62. The van der Waals surface area contributed by atoms with Crippen molar-refractivity contribution in [1.29, 1.82) is 0 Å². The van der Waals surface area contributed by atoms with Crippen molar-refractivity contribution in [3.63, 3.8) is 0 Å². The number of amides is 1. The van der Waals surface area contributed by atoms with Crippen molar-refractivity contribution in [2.45, 2.75) is 32.4 Å². The van der Waals surface area contributed by atoms with Gasteiger partial charge in [0.1, 0.15) is 5.82 Å².